The number of carboxylic acids is 1. The zero-order chi connectivity index (χ0) is 11.8. The molecule has 0 aromatic carbocycles. The predicted octanol–water partition coefficient (Wildman–Crippen LogP) is 2.29. The lowest BCUT2D eigenvalue weighted by Gasteiger charge is -1.97. The molecule has 0 unspecified atom stereocenters. The van der Waals surface area contributed by atoms with Crippen LogP contribution >= 0.6 is 0 Å². The smallest absolute Gasteiger partial charge is 0.352 e. The molecule has 0 amide bonds. The van der Waals surface area contributed by atoms with Crippen LogP contribution < -0.4 is 0 Å². The molecule has 3 aromatic rings. The Morgan fingerprint density at radius 1 is 1.29 bits per heavy atom. The maximum Gasteiger partial charge on any atom is 0.352 e. The number of imidazole rings is 1. The quantitative estimate of drug-likeness (QED) is 0.730. The summed E-state index contributed by atoms with van der Waals surface area (Å²) in [5.41, 5.74) is 1.37. The van der Waals surface area contributed by atoms with Crippen molar-refractivity contribution in [1.29, 1.82) is 0 Å². The number of aromatic carboxylic acids is 1. The number of carboxylic acid groups (broad SMARTS) is 1. The molecule has 0 atom stereocenters. The van der Waals surface area contributed by atoms with Crippen molar-refractivity contribution in [3.05, 3.63) is 48.5 Å². The third-order valence-electron chi connectivity index (χ3n) is 2.48. The summed E-state index contributed by atoms with van der Waals surface area (Å²) in [4.78, 5) is 15.3. The summed E-state index contributed by atoms with van der Waals surface area (Å²) < 4.78 is 6.75. The van der Waals surface area contributed by atoms with Crippen LogP contribution in [0.5, 0.6) is 0 Å². The molecule has 3 heterocycles. The SMILES string of the molecule is O=C(O)c1cccc2nc(-c3ccco3)cn12. The Balaban J connectivity index is 2.26. The molecule has 0 fully saturated rings. The molecule has 1 N–H and O–H groups in total. The highest BCUT2D eigenvalue weighted by molar-refractivity contribution is 5.86. The van der Waals surface area contributed by atoms with Crippen LogP contribution in [-0.2, 0) is 0 Å². The zero-order valence-corrected chi connectivity index (χ0v) is 8.70. The van der Waals surface area contributed by atoms with Crippen molar-refractivity contribution in [2.24, 2.45) is 0 Å². The Morgan fingerprint density at radius 2 is 2.18 bits per heavy atom. The van der Waals surface area contributed by atoms with E-state index in [1.807, 2.05) is 0 Å². The molecule has 3 aromatic heterocycles. The largest absolute Gasteiger partial charge is 0.477 e. The van der Waals surface area contributed by atoms with E-state index in [0.29, 0.717) is 17.1 Å². The summed E-state index contributed by atoms with van der Waals surface area (Å²) in [6, 6.07) is 8.49. The molecule has 0 bridgehead atoms. The first-order valence-electron chi connectivity index (χ1n) is 5.01. The molecule has 0 spiro atoms. The Kier molecular flexibility index (Phi) is 1.98. The lowest BCUT2D eigenvalue weighted by atomic mass is 10.3. The van der Waals surface area contributed by atoms with E-state index in [-0.39, 0.29) is 5.69 Å². The molecule has 3 rings (SSSR count). The second-order valence-electron chi connectivity index (χ2n) is 3.55. The molecule has 0 saturated heterocycles. The second-order valence-corrected chi connectivity index (χ2v) is 3.55. The van der Waals surface area contributed by atoms with Crippen molar-refractivity contribution < 1.29 is 14.3 Å². The molecule has 0 saturated carbocycles. The van der Waals surface area contributed by atoms with E-state index in [1.54, 1.807) is 36.7 Å². The summed E-state index contributed by atoms with van der Waals surface area (Å²) in [6.45, 7) is 0. The number of carbonyl (C=O) groups is 1. The van der Waals surface area contributed by atoms with E-state index >= 15 is 0 Å². The number of hydrogen-bond acceptors (Lipinski definition) is 3. The first-order valence-corrected chi connectivity index (χ1v) is 5.01. The van der Waals surface area contributed by atoms with Gasteiger partial charge in [0, 0.05) is 6.20 Å². The Morgan fingerprint density at radius 3 is 2.88 bits per heavy atom. The van der Waals surface area contributed by atoms with E-state index in [2.05, 4.69) is 4.98 Å². The number of pyridine rings is 1. The zero-order valence-electron chi connectivity index (χ0n) is 8.70. The number of fused-ring (bicyclic) bond motifs is 1. The van der Waals surface area contributed by atoms with Gasteiger partial charge >= 0.3 is 5.97 Å². The summed E-state index contributed by atoms with van der Waals surface area (Å²) >= 11 is 0. The van der Waals surface area contributed by atoms with Gasteiger partial charge in [-0.15, -0.1) is 0 Å². The van der Waals surface area contributed by atoms with Crippen molar-refractivity contribution in [3.8, 4) is 11.5 Å². The number of rotatable bonds is 2. The minimum atomic E-state index is -0.987. The molecular formula is C12H8N2O3. The first-order chi connectivity index (χ1) is 8.25. The van der Waals surface area contributed by atoms with Gasteiger partial charge in [0.2, 0.25) is 0 Å². The summed E-state index contributed by atoms with van der Waals surface area (Å²) in [5.74, 6) is -0.371. The predicted molar refractivity (Wildman–Crippen MR) is 59.9 cm³/mol. The highest BCUT2D eigenvalue weighted by Gasteiger charge is 2.12. The molecular weight excluding hydrogens is 220 g/mol. The van der Waals surface area contributed by atoms with Crippen LogP contribution in [0, 0.1) is 0 Å². The minimum Gasteiger partial charge on any atom is -0.477 e. The average molecular weight is 228 g/mol. The fraction of sp³-hybridized carbons (Fsp3) is 0. The van der Waals surface area contributed by atoms with Gasteiger partial charge < -0.3 is 9.52 Å². The van der Waals surface area contributed by atoms with Crippen molar-refractivity contribution >= 4 is 11.6 Å². The third-order valence-corrected chi connectivity index (χ3v) is 2.48. The topological polar surface area (TPSA) is 67.7 Å². The maximum atomic E-state index is 11.0. The van der Waals surface area contributed by atoms with Crippen LogP contribution in [0.3, 0.4) is 0 Å². The fourth-order valence-corrected chi connectivity index (χ4v) is 1.73. The van der Waals surface area contributed by atoms with Gasteiger partial charge in [-0.2, -0.15) is 0 Å². The van der Waals surface area contributed by atoms with E-state index in [1.165, 1.54) is 10.5 Å². The Hall–Kier alpha value is -2.56. The average Bonchev–Trinajstić information content (AvgIpc) is 2.96. The number of hydrogen-bond donors (Lipinski definition) is 1. The monoisotopic (exact) mass is 228 g/mol. The number of furan rings is 1. The van der Waals surface area contributed by atoms with Gasteiger partial charge in [-0.3, -0.25) is 4.40 Å². The molecule has 17 heavy (non-hydrogen) atoms. The summed E-state index contributed by atoms with van der Waals surface area (Å²) in [7, 11) is 0. The van der Waals surface area contributed by atoms with Crippen LogP contribution in [-0.4, -0.2) is 20.5 Å². The van der Waals surface area contributed by atoms with Gasteiger partial charge in [-0.25, -0.2) is 9.78 Å². The molecule has 5 heteroatoms. The maximum absolute atomic E-state index is 11.0. The fourth-order valence-electron chi connectivity index (χ4n) is 1.73. The van der Waals surface area contributed by atoms with E-state index in [9.17, 15) is 4.79 Å². The van der Waals surface area contributed by atoms with E-state index in [4.69, 9.17) is 9.52 Å². The van der Waals surface area contributed by atoms with Crippen molar-refractivity contribution in [1.82, 2.24) is 9.38 Å². The van der Waals surface area contributed by atoms with Crippen LogP contribution in [0.4, 0.5) is 0 Å². The van der Waals surface area contributed by atoms with Gasteiger partial charge in [-0.05, 0) is 24.3 Å². The van der Waals surface area contributed by atoms with Crippen molar-refractivity contribution in [2.45, 2.75) is 0 Å². The van der Waals surface area contributed by atoms with Gasteiger partial charge in [0.15, 0.2) is 5.76 Å². The molecule has 5 nitrogen and oxygen atoms in total. The van der Waals surface area contributed by atoms with Gasteiger partial charge in [0.1, 0.15) is 17.0 Å². The normalized spacial score (nSPS) is 10.8. The Bertz CT molecular complexity index is 683. The summed E-state index contributed by atoms with van der Waals surface area (Å²) in [6.07, 6.45) is 3.20. The van der Waals surface area contributed by atoms with E-state index < -0.39 is 5.97 Å². The van der Waals surface area contributed by atoms with Gasteiger partial charge in [0.25, 0.3) is 0 Å². The molecule has 0 aliphatic carbocycles. The van der Waals surface area contributed by atoms with Crippen LogP contribution in [0.1, 0.15) is 10.5 Å². The van der Waals surface area contributed by atoms with Gasteiger partial charge in [0.05, 0.1) is 6.26 Å². The highest BCUT2D eigenvalue weighted by Crippen LogP contribution is 2.20. The lowest BCUT2D eigenvalue weighted by molar-refractivity contribution is 0.0689. The molecule has 0 radical (unpaired) electrons. The summed E-state index contributed by atoms with van der Waals surface area (Å²) in [5, 5.41) is 9.05. The number of nitrogens with zero attached hydrogens (tertiary/aromatic N) is 2. The standard InChI is InChI=1S/C12H8N2O3/c15-12(16)9-3-1-5-11-13-8(7-14(9)11)10-4-2-6-17-10/h1-7H,(H,15,16). The lowest BCUT2D eigenvalue weighted by Crippen LogP contribution is -2.03. The number of aromatic nitrogens is 2. The van der Waals surface area contributed by atoms with Gasteiger partial charge in [-0.1, -0.05) is 6.07 Å². The van der Waals surface area contributed by atoms with E-state index in [0.717, 1.165) is 0 Å². The highest BCUT2D eigenvalue weighted by atomic mass is 16.4. The Labute approximate surface area is 95.9 Å². The van der Waals surface area contributed by atoms with Crippen LogP contribution in [0.15, 0.2) is 47.2 Å². The second kappa shape index (κ2) is 3.48. The molecule has 84 valence electrons. The van der Waals surface area contributed by atoms with Crippen LogP contribution in [0.2, 0.25) is 0 Å². The molecule has 0 aliphatic rings. The molecule has 0 aliphatic heterocycles. The minimum absolute atomic E-state index is 0.174. The van der Waals surface area contributed by atoms with Crippen molar-refractivity contribution in [2.75, 3.05) is 0 Å². The van der Waals surface area contributed by atoms with Crippen LogP contribution in [0.25, 0.3) is 17.1 Å². The third kappa shape index (κ3) is 1.48. The van der Waals surface area contributed by atoms with Crippen molar-refractivity contribution in [3.63, 3.8) is 0 Å². The first kappa shape index (κ1) is 9.65.